The molecule has 1 aromatic carbocycles. The minimum atomic E-state index is -1.70. The highest BCUT2D eigenvalue weighted by atomic mass is 16.5. The van der Waals surface area contributed by atoms with E-state index in [-0.39, 0.29) is 0 Å². The smallest absolute Gasteiger partial charge is 0.338 e. The number of aliphatic hydroxyl groups excluding tert-OH is 1. The number of rotatable bonds is 20. The molecule has 1 unspecified atom stereocenters. The van der Waals surface area contributed by atoms with Crippen LogP contribution in [0.25, 0.3) is 0 Å². The molecule has 1 atom stereocenters. The Morgan fingerprint density at radius 1 is 0.812 bits per heavy atom. The Morgan fingerprint density at radius 3 is 1.75 bits per heavy atom. The van der Waals surface area contributed by atoms with Gasteiger partial charge in [0.25, 0.3) is 0 Å². The average Bonchev–Trinajstić information content (AvgIpc) is 2.80. The third kappa shape index (κ3) is 14.1. The molecule has 0 aliphatic carbocycles. The van der Waals surface area contributed by atoms with Crippen molar-refractivity contribution in [2.45, 2.75) is 103 Å². The number of carbonyl (C=O) groups is 2. The fraction of sp³-hybridized carbons (Fsp3) is 0.692. The number of carboxylic acids is 1. The number of anilines is 1. The topological polar surface area (TPSA) is 95.9 Å². The molecule has 0 aromatic heterocycles. The maximum atomic E-state index is 11.8. The van der Waals surface area contributed by atoms with Crippen LogP contribution in [0.2, 0.25) is 0 Å². The third-order valence-corrected chi connectivity index (χ3v) is 5.64. The van der Waals surface area contributed by atoms with Crippen LogP contribution in [0.4, 0.5) is 5.69 Å². The molecule has 1 rings (SSSR count). The van der Waals surface area contributed by atoms with E-state index in [9.17, 15) is 9.59 Å². The van der Waals surface area contributed by atoms with Crippen molar-refractivity contribution in [2.24, 2.45) is 0 Å². The predicted octanol–water partition coefficient (Wildman–Crippen LogP) is 6.18. The standard InChI is InChI=1S/C26H43NO5/c1-2-3-4-5-6-7-8-9-10-11-12-13-14-15-20-27-23-18-16-22(17-19-23)26(31)32-21-24(28)25(29)30/h16-19,24,27-28H,2-15,20-21H2,1H3,(H,29,30). The number of ether oxygens (including phenoxy) is 1. The number of hydrogen-bond acceptors (Lipinski definition) is 5. The number of unbranched alkanes of at least 4 members (excludes halogenated alkanes) is 13. The summed E-state index contributed by atoms with van der Waals surface area (Å²) >= 11 is 0. The molecule has 1 aromatic rings. The summed E-state index contributed by atoms with van der Waals surface area (Å²) in [6.45, 7) is 2.60. The molecule has 0 saturated carbocycles. The van der Waals surface area contributed by atoms with Crippen LogP contribution < -0.4 is 5.32 Å². The van der Waals surface area contributed by atoms with Crippen LogP contribution in [0.5, 0.6) is 0 Å². The minimum Gasteiger partial charge on any atom is -0.479 e. The third-order valence-electron chi connectivity index (χ3n) is 5.64. The van der Waals surface area contributed by atoms with E-state index in [2.05, 4.69) is 12.2 Å². The summed E-state index contributed by atoms with van der Waals surface area (Å²) in [6, 6.07) is 6.86. The molecule has 0 aliphatic heterocycles. The SMILES string of the molecule is CCCCCCCCCCCCCCCCNc1ccc(C(=O)OCC(O)C(=O)O)cc1. The number of esters is 1. The number of hydrogen-bond donors (Lipinski definition) is 3. The second-order valence-corrected chi connectivity index (χ2v) is 8.55. The predicted molar refractivity (Wildman–Crippen MR) is 129 cm³/mol. The fourth-order valence-electron chi connectivity index (χ4n) is 3.59. The maximum absolute atomic E-state index is 11.8. The molecule has 0 heterocycles. The van der Waals surface area contributed by atoms with Gasteiger partial charge in [-0.25, -0.2) is 9.59 Å². The highest BCUT2D eigenvalue weighted by molar-refractivity contribution is 5.90. The number of aliphatic hydroxyl groups is 1. The maximum Gasteiger partial charge on any atom is 0.338 e. The molecule has 182 valence electrons. The Kier molecular flexibility index (Phi) is 16.1. The summed E-state index contributed by atoms with van der Waals surface area (Å²) in [4.78, 5) is 22.4. The van der Waals surface area contributed by atoms with E-state index < -0.39 is 24.6 Å². The Bertz CT molecular complexity index is 617. The first kappa shape index (κ1) is 28.0. The largest absolute Gasteiger partial charge is 0.479 e. The summed E-state index contributed by atoms with van der Waals surface area (Å²) < 4.78 is 4.79. The molecule has 0 saturated heterocycles. The van der Waals surface area contributed by atoms with Gasteiger partial charge < -0.3 is 20.3 Å². The van der Waals surface area contributed by atoms with Crippen LogP contribution >= 0.6 is 0 Å². The zero-order chi connectivity index (χ0) is 23.4. The molecule has 6 heteroatoms. The summed E-state index contributed by atoms with van der Waals surface area (Å²) in [5, 5.41) is 21.1. The van der Waals surface area contributed by atoms with Crippen LogP contribution in [0, 0.1) is 0 Å². The molecule has 0 radical (unpaired) electrons. The highest BCUT2D eigenvalue weighted by Crippen LogP contribution is 2.14. The molecular weight excluding hydrogens is 406 g/mol. The van der Waals surface area contributed by atoms with Crippen LogP contribution in [0.3, 0.4) is 0 Å². The van der Waals surface area contributed by atoms with Crippen molar-refractivity contribution in [3.8, 4) is 0 Å². The Balaban J connectivity index is 1.98. The number of nitrogens with one attached hydrogen (secondary N) is 1. The van der Waals surface area contributed by atoms with Crippen LogP contribution in [-0.2, 0) is 9.53 Å². The first-order chi connectivity index (χ1) is 15.5. The molecule has 6 nitrogen and oxygen atoms in total. The van der Waals surface area contributed by atoms with Crippen molar-refractivity contribution in [3.63, 3.8) is 0 Å². The lowest BCUT2D eigenvalue weighted by Gasteiger charge is -2.09. The molecule has 0 spiro atoms. The van der Waals surface area contributed by atoms with Crippen LogP contribution in [0.15, 0.2) is 24.3 Å². The summed E-state index contributed by atoms with van der Waals surface area (Å²) in [5.41, 5.74) is 1.26. The van der Waals surface area contributed by atoms with Gasteiger partial charge in [0.05, 0.1) is 5.56 Å². The van der Waals surface area contributed by atoms with E-state index in [1.165, 1.54) is 83.5 Å². The van der Waals surface area contributed by atoms with Crippen molar-refractivity contribution in [1.29, 1.82) is 0 Å². The van der Waals surface area contributed by atoms with Crippen molar-refractivity contribution in [1.82, 2.24) is 0 Å². The van der Waals surface area contributed by atoms with E-state index >= 15 is 0 Å². The molecule has 32 heavy (non-hydrogen) atoms. The lowest BCUT2D eigenvalue weighted by molar-refractivity contribution is -0.148. The van der Waals surface area contributed by atoms with Gasteiger partial charge in [-0.3, -0.25) is 0 Å². The first-order valence-electron chi connectivity index (χ1n) is 12.5. The van der Waals surface area contributed by atoms with Gasteiger partial charge in [0.15, 0.2) is 6.10 Å². The van der Waals surface area contributed by atoms with Crippen molar-refractivity contribution in [3.05, 3.63) is 29.8 Å². The summed E-state index contributed by atoms with van der Waals surface area (Å²) in [6.07, 6.45) is 17.1. The van der Waals surface area contributed by atoms with Gasteiger partial charge in [0, 0.05) is 12.2 Å². The van der Waals surface area contributed by atoms with E-state index in [1.54, 1.807) is 24.3 Å². The van der Waals surface area contributed by atoms with E-state index in [1.807, 2.05) is 0 Å². The van der Waals surface area contributed by atoms with Crippen LogP contribution in [0.1, 0.15) is 107 Å². The summed E-state index contributed by atoms with van der Waals surface area (Å²) in [7, 11) is 0. The second-order valence-electron chi connectivity index (χ2n) is 8.55. The molecule has 3 N–H and O–H groups in total. The quantitative estimate of drug-likeness (QED) is 0.162. The highest BCUT2D eigenvalue weighted by Gasteiger charge is 2.16. The lowest BCUT2D eigenvalue weighted by atomic mass is 10.0. The zero-order valence-corrected chi connectivity index (χ0v) is 19.8. The van der Waals surface area contributed by atoms with Crippen LogP contribution in [-0.4, -0.2) is 41.4 Å². The lowest BCUT2D eigenvalue weighted by Crippen LogP contribution is -2.26. The summed E-state index contributed by atoms with van der Waals surface area (Å²) in [5.74, 6) is -2.07. The van der Waals surface area contributed by atoms with E-state index in [0.717, 1.165) is 18.7 Å². The fourth-order valence-corrected chi connectivity index (χ4v) is 3.59. The number of carboxylic acid groups (broad SMARTS) is 1. The Morgan fingerprint density at radius 2 is 1.28 bits per heavy atom. The molecule has 0 amide bonds. The van der Waals surface area contributed by atoms with Gasteiger partial charge in [0.2, 0.25) is 0 Å². The van der Waals surface area contributed by atoms with Gasteiger partial charge in [-0.1, -0.05) is 90.4 Å². The zero-order valence-electron chi connectivity index (χ0n) is 19.8. The number of carbonyl (C=O) groups excluding carboxylic acids is 1. The average molecular weight is 450 g/mol. The number of aliphatic carboxylic acids is 1. The normalized spacial score (nSPS) is 11.8. The monoisotopic (exact) mass is 449 g/mol. The second kappa shape index (κ2) is 18.5. The number of benzene rings is 1. The molecule has 0 bridgehead atoms. The van der Waals surface area contributed by atoms with Gasteiger partial charge in [-0.2, -0.15) is 0 Å². The molecular formula is C26H43NO5. The van der Waals surface area contributed by atoms with Gasteiger partial charge >= 0.3 is 11.9 Å². The van der Waals surface area contributed by atoms with Crippen molar-refractivity contribution < 1.29 is 24.5 Å². The van der Waals surface area contributed by atoms with Gasteiger partial charge in [-0.15, -0.1) is 0 Å². The van der Waals surface area contributed by atoms with E-state index in [0.29, 0.717) is 5.56 Å². The minimum absolute atomic E-state index is 0.324. The molecule has 0 aliphatic rings. The van der Waals surface area contributed by atoms with Crippen molar-refractivity contribution in [2.75, 3.05) is 18.5 Å². The Labute approximate surface area is 193 Å². The molecule has 0 fully saturated rings. The van der Waals surface area contributed by atoms with Gasteiger partial charge in [-0.05, 0) is 30.7 Å². The van der Waals surface area contributed by atoms with Crippen molar-refractivity contribution >= 4 is 17.6 Å². The Hall–Kier alpha value is -2.08. The first-order valence-corrected chi connectivity index (χ1v) is 12.5. The van der Waals surface area contributed by atoms with E-state index in [4.69, 9.17) is 14.9 Å². The van der Waals surface area contributed by atoms with Gasteiger partial charge in [0.1, 0.15) is 6.61 Å².